The van der Waals surface area contributed by atoms with E-state index in [-0.39, 0.29) is 17.9 Å². The molecule has 4 heterocycles. The summed E-state index contributed by atoms with van der Waals surface area (Å²) in [7, 11) is 4.37. The standard InChI is InChI=1S/C47H61N5O2/c1-7-9-15-41-34(4)49(6)46(42(41)16-10-8-2)43-29-37-21-22-51(45(53)28-35-17-19-40(20-18-35)50-25-23-48(5)24-26-50)31-39(37)30-44(43)47(54)52-32-38-14-12-11-13-36(38)27-33(52)3/h11-14,17-20,29-30,33H,7-10,15-16,21-28,31-32H2,1-6H3/t33-/m1/s1. The Bertz CT molecular complexity index is 1970. The minimum atomic E-state index is 0.0897. The Morgan fingerprint density at radius 1 is 0.759 bits per heavy atom. The lowest BCUT2D eigenvalue weighted by atomic mass is 9.87. The van der Waals surface area contributed by atoms with Crippen LogP contribution in [-0.4, -0.2) is 76.9 Å². The van der Waals surface area contributed by atoms with Crippen molar-refractivity contribution in [2.75, 3.05) is 44.7 Å². The number of unbranched alkanes of at least 4 members (excludes halogenated alkanes) is 2. The third kappa shape index (κ3) is 7.75. The Hall–Kier alpha value is -4.36. The van der Waals surface area contributed by atoms with E-state index in [0.29, 0.717) is 26.1 Å². The van der Waals surface area contributed by atoms with E-state index in [2.05, 4.69) is 122 Å². The molecule has 0 spiro atoms. The number of benzene rings is 3. The van der Waals surface area contributed by atoms with Gasteiger partial charge >= 0.3 is 0 Å². The third-order valence-electron chi connectivity index (χ3n) is 12.6. The first-order valence-electron chi connectivity index (χ1n) is 20.7. The molecule has 4 aromatic rings. The van der Waals surface area contributed by atoms with Crippen molar-refractivity contribution in [2.24, 2.45) is 7.05 Å². The first-order valence-corrected chi connectivity index (χ1v) is 20.7. The van der Waals surface area contributed by atoms with Gasteiger partial charge in [0.1, 0.15) is 0 Å². The van der Waals surface area contributed by atoms with E-state index in [4.69, 9.17) is 0 Å². The van der Waals surface area contributed by atoms with Crippen LogP contribution in [0.4, 0.5) is 5.69 Å². The third-order valence-corrected chi connectivity index (χ3v) is 12.6. The van der Waals surface area contributed by atoms with Crippen molar-refractivity contribution in [1.29, 1.82) is 0 Å². The van der Waals surface area contributed by atoms with Gasteiger partial charge in [-0.15, -0.1) is 0 Å². The number of hydrogen-bond acceptors (Lipinski definition) is 4. The number of piperazine rings is 1. The summed E-state index contributed by atoms with van der Waals surface area (Å²) in [5.74, 6) is 0.237. The number of carbonyl (C=O) groups is 2. The molecule has 0 radical (unpaired) electrons. The SMILES string of the molecule is CCCCc1c(CCCC)c(-c2cc3c(cc2C(=O)N2Cc4ccccc4C[C@H]2C)CN(C(=O)Cc2ccc(N4CCN(C)CC4)cc2)CC3)n(C)c1C. The molecule has 0 saturated carbocycles. The summed E-state index contributed by atoms with van der Waals surface area (Å²) in [6, 6.07) is 21.7. The highest BCUT2D eigenvalue weighted by Gasteiger charge is 2.33. The van der Waals surface area contributed by atoms with Gasteiger partial charge in [0, 0.05) is 81.4 Å². The van der Waals surface area contributed by atoms with Gasteiger partial charge in [-0.05, 0) is 123 Å². The zero-order chi connectivity index (χ0) is 37.9. The van der Waals surface area contributed by atoms with Gasteiger partial charge < -0.3 is 24.2 Å². The molecule has 7 heteroatoms. The highest BCUT2D eigenvalue weighted by molar-refractivity contribution is 6.02. The average Bonchev–Trinajstić information content (AvgIpc) is 3.42. The van der Waals surface area contributed by atoms with Crippen molar-refractivity contribution >= 4 is 17.5 Å². The summed E-state index contributed by atoms with van der Waals surface area (Å²) < 4.78 is 2.37. The van der Waals surface area contributed by atoms with Gasteiger partial charge in [0.15, 0.2) is 0 Å². The Morgan fingerprint density at radius 2 is 1.44 bits per heavy atom. The molecule has 0 unspecified atom stereocenters. The lowest BCUT2D eigenvalue weighted by Crippen LogP contribution is -2.44. The lowest BCUT2D eigenvalue weighted by Gasteiger charge is -2.36. The Kier molecular flexibility index (Phi) is 11.6. The molecule has 1 saturated heterocycles. The zero-order valence-corrected chi connectivity index (χ0v) is 33.7. The maximum absolute atomic E-state index is 15.0. The number of anilines is 1. The predicted octanol–water partition coefficient (Wildman–Crippen LogP) is 8.15. The molecule has 0 aliphatic carbocycles. The van der Waals surface area contributed by atoms with Crippen molar-refractivity contribution in [3.05, 3.63) is 111 Å². The van der Waals surface area contributed by atoms with Crippen LogP contribution >= 0.6 is 0 Å². The minimum absolute atomic E-state index is 0.0897. The van der Waals surface area contributed by atoms with Crippen LogP contribution in [0.2, 0.25) is 0 Å². The van der Waals surface area contributed by atoms with Crippen LogP contribution in [0.3, 0.4) is 0 Å². The summed E-state index contributed by atoms with van der Waals surface area (Å²) in [4.78, 5) is 37.8. The summed E-state index contributed by atoms with van der Waals surface area (Å²) >= 11 is 0. The molecule has 7 nitrogen and oxygen atoms in total. The van der Waals surface area contributed by atoms with Gasteiger partial charge in [0.2, 0.25) is 5.91 Å². The average molecular weight is 728 g/mol. The first-order chi connectivity index (χ1) is 26.2. The van der Waals surface area contributed by atoms with Gasteiger partial charge in [-0.3, -0.25) is 9.59 Å². The van der Waals surface area contributed by atoms with Crippen LogP contribution in [0.1, 0.15) is 101 Å². The molecular weight excluding hydrogens is 667 g/mol. The van der Waals surface area contributed by atoms with E-state index in [0.717, 1.165) is 99.8 Å². The second-order valence-corrected chi connectivity index (χ2v) is 16.3. The second kappa shape index (κ2) is 16.6. The van der Waals surface area contributed by atoms with E-state index >= 15 is 4.79 Å². The maximum atomic E-state index is 15.0. The predicted molar refractivity (Wildman–Crippen MR) is 221 cm³/mol. The van der Waals surface area contributed by atoms with Crippen molar-refractivity contribution in [3.8, 4) is 11.3 Å². The van der Waals surface area contributed by atoms with Crippen LogP contribution in [0.15, 0.2) is 60.7 Å². The van der Waals surface area contributed by atoms with Gasteiger partial charge in [-0.25, -0.2) is 0 Å². The summed E-state index contributed by atoms with van der Waals surface area (Å²) in [5, 5.41) is 0. The van der Waals surface area contributed by atoms with E-state index in [1.54, 1.807) is 0 Å². The highest BCUT2D eigenvalue weighted by atomic mass is 16.2. The Labute approximate surface area is 323 Å². The van der Waals surface area contributed by atoms with Crippen molar-refractivity contribution in [1.82, 2.24) is 19.3 Å². The smallest absolute Gasteiger partial charge is 0.255 e. The fourth-order valence-electron chi connectivity index (χ4n) is 9.06. The van der Waals surface area contributed by atoms with E-state index in [9.17, 15) is 4.79 Å². The van der Waals surface area contributed by atoms with Crippen molar-refractivity contribution in [2.45, 2.75) is 105 Å². The van der Waals surface area contributed by atoms with Gasteiger partial charge in [-0.1, -0.05) is 63.1 Å². The Balaban J connectivity index is 1.21. The van der Waals surface area contributed by atoms with Gasteiger partial charge in [0.05, 0.1) is 12.1 Å². The molecule has 2 amide bonds. The fourth-order valence-corrected chi connectivity index (χ4v) is 9.06. The lowest BCUT2D eigenvalue weighted by molar-refractivity contribution is -0.131. The van der Waals surface area contributed by atoms with E-state index in [1.165, 1.54) is 44.9 Å². The molecule has 1 fully saturated rings. The fraction of sp³-hybridized carbons (Fsp3) is 0.489. The summed E-state index contributed by atoms with van der Waals surface area (Å²) in [6.07, 6.45) is 8.69. The molecule has 1 atom stereocenters. The molecule has 3 aromatic carbocycles. The Morgan fingerprint density at radius 3 is 2.15 bits per heavy atom. The normalized spacial score (nSPS) is 17.4. The maximum Gasteiger partial charge on any atom is 0.255 e. The second-order valence-electron chi connectivity index (χ2n) is 16.3. The number of hydrogen-bond donors (Lipinski definition) is 0. The minimum Gasteiger partial charge on any atom is -0.369 e. The number of fused-ring (bicyclic) bond motifs is 2. The molecule has 0 bridgehead atoms. The molecule has 286 valence electrons. The van der Waals surface area contributed by atoms with E-state index in [1.807, 2.05) is 4.90 Å². The molecule has 1 aromatic heterocycles. The molecular formula is C47H61N5O2. The topological polar surface area (TPSA) is 52.0 Å². The number of likely N-dealkylation sites (N-methyl/N-ethyl adjacent to an activating group) is 1. The monoisotopic (exact) mass is 727 g/mol. The van der Waals surface area contributed by atoms with Crippen LogP contribution in [0.5, 0.6) is 0 Å². The zero-order valence-electron chi connectivity index (χ0n) is 33.7. The summed E-state index contributed by atoms with van der Waals surface area (Å²) in [5.41, 5.74) is 14.4. The van der Waals surface area contributed by atoms with Gasteiger partial charge in [0.25, 0.3) is 5.91 Å². The van der Waals surface area contributed by atoms with Crippen molar-refractivity contribution < 1.29 is 9.59 Å². The van der Waals surface area contributed by atoms with Crippen LogP contribution in [-0.2, 0) is 57.0 Å². The molecule has 3 aliphatic rings. The van der Waals surface area contributed by atoms with Gasteiger partial charge in [-0.2, -0.15) is 0 Å². The van der Waals surface area contributed by atoms with E-state index < -0.39 is 0 Å². The van der Waals surface area contributed by atoms with Crippen molar-refractivity contribution in [3.63, 3.8) is 0 Å². The number of carbonyl (C=O) groups excluding carboxylic acids is 2. The first kappa shape index (κ1) is 37.9. The number of nitrogens with zero attached hydrogens (tertiary/aromatic N) is 5. The number of aromatic nitrogens is 1. The summed E-state index contributed by atoms with van der Waals surface area (Å²) in [6.45, 7) is 15.0. The van der Waals surface area contributed by atoms with Crippen LogP contribution < -0.4 is 4.90 Å². The highest BCUT2D eigenvalue weighted by Crippen LogP contribution is 2.39. The molecule has 0 N–H and O–H groups in total. The number of amides is 2. The molecule has 7 rings (SSSR count). The quantitative estimate of drug-likeness (QED) is 0.157. The molecule has 54 heavy (non-hydrogen) atoms. The largest absolute Gasteiger partial charge is 0.369 e. The molecule has 3 aliphatic heterocycles. The van der Waals surface area contributed by atoms with Crippen LogP contribution in [0, 0.1) is 6.92 Å². The van der Waals surface area contributed by atoms with Crippen LogP contribution in [0.25, 0.3) is 11.3 Å². The number of rotatable bonds is 11.